The number of nitrogens with one attached hydrogen (secondary N) is 3. The molecule has 0 unspecified atom stereocenters. The molecule has 0 spiro atoms. The van der Waals surface area contributed by atoms with E-state index in [9.17, 15) is 22.4 Å². The van der Waals surface area contributed by atoms with Crippen LogP contribution >= 0.6 is 0 Å². The van der Waals surface area contributed by atoms with Gasteiger partial charge in [-0.1, -0.05) is 0 Å². The number of anilines is 1. The van der Waals surface area contributed by atoms with Crippen molar-refractivity contribution < 1.29 is 22.4 Å². The molecule has 23 heavy (non-hydrogen) atoms. The van der Waals surface area contributed by atoms with Gasteiger partial charge in [0, 0.05) is 18.8 Å². The van der Waals surface area contributed by atoms with E-state index in [0.717, 1.165) is 0 Å². The molecule has 1 aromatic carbocycles. The minimum absolute atomic E-state index is 0.117. The number of benzene rings is 1. The maximum Gasteiger partial charge on any atom is 0.390 e. The number of halogens is 4. The van der Waals surface area contributed by atoms with Crippen molar-refractivity contribution in [3.63, 3.8) is 0 Å². The molecule has 0 heterocycles. The standard InChI is InChI=1S/C14H18F4N4O/c1-2-19-13(20-8-7-14(16,17)18)21-9-12(23)22-11-5-3-10(15)4-6-11/h3-6H,2,7-9H2,1H3,(H,22,23)(H2,19,20,21). The summed E-state index contributed by atoms with van der Waals surface area (Å²) in [6.07, 6.45) is -5.26. The fourth-order valence-corrected chi connectivity index (χ4v) is 1.55. The smallest absolute Gasteiger partial charge is 0.357 e. The van der Waals surface area contributed by atoms with Gasteiger partial charge >= 0.3 is 6.18 Å². The molecule has 1 rings (SSSR count). The first-order valence-electron chi connectivity index (χ1n) is 6.94. The monoisotopic (exact) mass is 334 g/mol. The highest BCUT2D eigenvalue weighted by Crippen LogP contribution is 2.18. The average molecular weight is 334 g/mol. The molecule has 0 bridgehead atoms. The van der Waals surface area contributed by atoms with Crippen molar-refractivity contribution in [3.05, 3.63) is 30.1 Å². The van der Waals surface area contributed by atoms with E-state index in [1.807, 2.05) is 0 Å². The van der Waals surface area contributed by atoms with Crippen molar-refractivity contribution in [1.82, 2.24) is 10.6 Å². The number of alkyl halides is 3. The number of rotatable bonds is 6. The quantitative estimate of drug-likeness (QED) is 0.425. The first kappa shape index (κ1) is 18.7. The first-order valence-corrected chi connectivity index (χ1v) is 6.94. The maximum atomic E-state index is 12.7. The number of hydrogen-bond acceptors (Lipinski definition) is 2. The van der Waals surface area contributed by atoms with Gasteiger partial charge in [0.05, 0.1) is 6.42 Å². The van der Waals surface area contributed by atoms with Gasteiger partial charge in [0.2, 0.25) is 5.91 Å². The highest BCUT2D eigenvalue weighted by atomic mass is 19.4. The Labute approximate surface area is 131 Å². The van der Waals surface area contributed by atoms with Gasteiger partial charge in [0.25, 0.3) is 0 Å². The molecule has 128 valence electrons. The molecule has 0 aliphatic rings. The van der Waals surface area contributed by atoms with E-state index in [-0.39, 0.29) is 19.0 Å². The summed E-state index contributed by atoms with van der Waals surface area (Å²) in [5, 5.41) is 7.73. The normalized spacial score (nSPS) is 12.0. The molecule has 9 heteroatoms. The van der Waals surface area contributed by atoms with Crippen LogP contribution in [0.4, 0.5) is 23.2 Å². The topological polar surface area (TPSA) is 65.5 Å². The Kier molecular flexibility index (Phi) is 7.30. The second-order valence-corrected chi connectivity index (χ2v) is 4.54. The average Bonchev–Trinajstić information content (AvgIpc) is 2.46. The van der Waals surface area contributed by atoms with Crippen molar-refractivity contribution in [2.24, 2.45) is 4.99 Å². The van der Waals surface area contributed by atoms with Gasteiger partial charge in [-0.05, 0) is 31.2 Å². The summed E-state index contributed by atoms with van der Waals surface area (Å²) in [5.74, 6) is -0.778. The van der Waals surface area contributed by atoms with Crippen LogP contribution in [0.15, 0.2) is 29.3 Å². The molecule has 0 atom stereocenters. The van der Waals surface area contributed by atoms with Crippen LogP contribution in [0.5, 0.6) is 0 Å². The van der Waals surface area contributed by atoms with Crippen molar-refractivity contribution in [3.8, 4) is 0 Å². The minimum atomic E-state index is -4.26. The summed E-state index contributed by atoms with van der Waals surface area (Å²) in [7, 11) is 0. The Morgan fingerprint density at radius 2 is 1.83 bits per heavy atom. The summed E-state index contributed by atoms with van der Waals surface area (Å²) < 4.78 is 49.0. The van der Waals surface area contributed by atoms with Crippen LogP contribution in [0, 0.1) is 5.82 Å². The van der Waals surface area contributed by atoms with Crippen molar-refractivity contribution in [1.29, 1.82) is 0 Å². The summed E-state index contributed by atoms with van der Waals surface area (Å²) >= 11 is 0. The van der Waals surface area contributed by atoms with Gasteiger partial charge in [-0.2, -0.15) is 13.2 Å². The lowest BCUT2D eigenvalue weighted by molar-refractivity contribution is -0.132. The van der Waals surface area contributed by atoms with Crippen LogP contribution in [0.2, 0.25) is 0 Å². The predicted octanol–water partition coefficient (Wildman–Crippen LogP) is 2.27. The molecule has 0 saturated carbocycles. The van der Waals surface area contributed by atoms with Gasteiger partial charge in [-0.15, -0.1) is 0 Å². The second kappa shape index (κ2) is 8.96. The number of guanidine groups is 1. The molecule has 0 saturated heterocycles. The number of amides is 1. The lowest BCUT2D eigenvalue weighted by atomic mass is 10.3. The van der Waals surface area contributed by atoms with Gasteiger partial charge < -0.3 is 16.0 Å². The maximum absolute atomic E-state index is 12.7. The van der Waals surface area contributed by atoms with Gasteiger partial charge in [0.15, 0.2) is 5.96 Å². The highest BCUT2D eigenvalue weighted by Gasteiger charge is 2.26. The lowest BCUT2D eigenvalue weighted by Gasteiger charge is -2.12. The number of hydrogen-bond donors (Lipinski definition) is 3. The Morgan fingerprint density at radius 3 is 2.39 bits per heavy atom. The zero-order chi connectivity index (χ0) is 17.3. The van der Waals surface area contributed by atoms with Crippen molar-refractivity contribution >= 4 is 17.6 Å². The summed E-state index contributed by atoms with van der Waals surface area (Å²) in [5.41, 5.74) is 0.404. The second-order valence-electron chi connectivity index (χ2n) is 4.54. The minimum Gasteiger partial charge on any atom is -0.357 e. The largest absolute Gasteiger partial charge is 0.390 e. The van der Waals surface area contributed by atoms with E-state index in [4.69, 9.17) is 0 Å². The Morgan fingerprint density at radius 1 is 1.17 bits per heavy atom. The number of aliphatic imine (C=N–C) groups is 1. The SMILES string of the molecule is CCNC(=NCC(=O)Nc1ccc(F)cc1)NCCC(F)(F)F. The van der Waals surface area contributed by atoms with Crippen LogP contribution in [0.25, 0.3) is 0 Å². The zero-order valence-electron chi connectivity index (χ0n) is 12.5. The van der Waals surface area contributed by atoms with E-state index in [0.29, 0.717) is 12.2 Å². The third-order valence-electron chi connectivity index (χ3n) is 2.55. The molecular formula is C14H18F4N4O. The highest BCUT2D eigenvalue weighted by molar-refractivity contribution is 5.94. The Hall–Kier alpha value is -2.32. The molecular weight excluding hydrogens is 316 g/mol. The van der Waals surface area contributed by atoms with E-state index in [1.54, 1.807) is 6.92 Å². The van der Waals surface area contributed by atoms with E-state index < -0.39 is 24.3 Å². The molecule has 3 N–H and O–H groups in total. The molecule has 1 aromatic rings. The van der Waals surface area contributed by atoms with E-state index >= 15 is 0 Å². The van der Waals surface area contributed by atoms with Gasteiger partial charge in [-0.3, -0.25) is 4.79 Å². The van der Waals surface area contributed by atoms with E-state index in [2.05, 4.69) is 20.9 Å². The molecule has 0 aromatic heterocycles. The first-order chi connectivity index (χ1) is 10.8. The summed E-state index contributed by atoms with van der Waals surface area (Å²) in [6.45, 7) is 1.57. The summed E-state index contributed by atoms with van der Waals surface area (Å²) in [6, 6.07) is 5.18. The third-order valence-corrected chi connectivity index (χ3v) is 2.55. The van der Waals surface area contributed by atoms with Crippen molar-refractivity contribution in [2.45, 2.75) is 19.5 Å². The third kappa shape index (κ3) is 8.64. The van der Waals surface area contributed by atoms with Crippen LogP contribution in [-0.4, -0.2) is 37.7 Å². The lowest BCUT2D eigenvalue weighted by Crippen LogP contribution is -2.39. The predicted molar refractivity (Wildman–Crippen MR) is 79.7 cm³/mol. The van der Waals surface area contributed by atoms with Crippen LogP contribution in [-0.2, 0) is 4.79 Å². The molecule has 0 radical (unpaired) electrons. The Balaban J connectivity index is 2.48. The molecule has 1 amide bonds. The van der Waals surface area contributed by atoms with Crippen LogP contribution in [0.1, 0.15) is 13.3 Å². The molecule has 0 aliphatic carbocycles. The fourth-order valence-electron chi connectivity index (χ4n) is 1.55. The number of carbonyl (C=O) groups is 1. The molecule has 0 aliphatic heterocycles. The fraction of sp³-hybridized carbons (Fsp3) is 0.429. The van der Waals surface area contributed by atoms with Gasteiger partial charge in [0.1, 0.15) is 12.4 Å². The van der Waals surface area contributed by atoms with Crippen LogP contribution in [0.3, 0.4) is 0 Å². The number of nitrogens with zero attached hydrogens (tertiary/aromatic N) is 1. The molecule has 0 fully saturated rings. The van der Waals surface area contributed by atoms with Crippen LogP contribution < -0.4 is 16.0 Å². The van der Waals surface area contributed by atoms with E-state index in [1.165, 1.54) is 24.3 Å². The Bertz CT molecular complexity index is 529. The molecule has 5 nitrogen and oxygen atoms in total. The van der Waals surface area contributed by atoms with Crippen molar-refractivity contribution in [2.75, 3.05) is 25.0 Å². The summed E-state index contributed by atoms with van der Waals surface area (Å²) in [4.78, 5) is 15.6. The van der Waals surface area contributed by atoms with Gasteiger partial charge in [-0.25, -0.2) is 9.38 Å². The number of carbonyl (C=O) groups excluding carboxylic acids is 1. The zero-order valence-corrected chi connectivity index (χ0v) is 12.5.